The van der Waals surface area contributed by atoms with Gasteiger partial charge in [0.25, 0.3) is 0 Å². The van der Waals surface area contributed by atoms with Crippen molar-refractivity contribution >= 4 is 28.4 Å². The Hall–Kier alpha value is -3.34. The predicted molar refractivity (Wildman–Crippen MR) is 107 cm³/mol. The quantitative estimate of drug-likeness (QED) is 0.542. The molecule has 0 amide bonds. The standard InChI is InChI=1S/C21H21N3O2/c1-23(2)17-8-10-19(11-9-17)24(18-6-4-16(22-25)5-7-18)20-12-14-21(26-3)15-13-20/h4-15H,1-3H3. The molecule has 3 rings (SSSR count). The highest BCUT2D eigenvalue weighted by molar-refractivity contribution is 5.78. The van der Waals surface area contributed by atoms with Crippen molar-refractivity contribution in [3.63, 3.8) is 0 Å². The fourth-order valence-corrected chi connectivity index (χ4v) is 2.74. The molecule has 0 spiro atoms. The van der Waals surface area contributed by atoms with Crippen LogP contribution in [0.3, 0.4) is 0 Å². The van der Waals surface area contributed by atoms with Gasteiger partial charge in [0.2, 0.25) is 0 Å². The third-order valence-corrected chi connectivity index (χ3v) is 4.17. The molecular weight excluding hydrogens is 326 g/mol. The van der Waals surface area contributed by atoms with E-state index in [1.54, 1.807) is 19.2 Å². The minimum Gasteiger partial charge on any atom is -0.497 e. The Morgan fingerprint density at radius 1 is 0.692 bits per heavy atom. The first kappa shape index (κ1) is 17.5. The van der Waals surface area contributed by atoms with Gasteiger partial charge in [-0.05, 0) is 78.0 Å². The number of hydrogen-bond acceptors (Lipinski definition) is 5. The second-order valence-corrected chi connectivity index (χ2v) is 6.05. The fraction of sp³-hybridized carbons (Fsp3) is 0.143. The number of anilines is 4. The van der Waals surface area contributed by atoms with Crippen molar-refractivity contribution in [2.24, 2.45) is 5.18 Å². The van der Waals surface area contributed by atoms with Gasteiger partial charge in [0.05, 0.1) is 7.11 Å². The highest BCUT2D eigenvalue weighted by atomic mass is 16.5. The summed E-state index contributed by atoms with van der Waals surface area (Å²) < 4.78 is 5.26. The summed E-state index contributed by atoms with van der Waals surface area (Å²) in [6.07, 6.45) is 0. The molecule has 0 aromatic heterocycles. The first-order valence-electron chi connectivity index (χ1n) is 8.27. The Kier molecular flexibility index (Phi) is 5.17. The van der Waals surface area contributed by atoms with Crippen LogP contribution in [0.1, 0.15) is 0 Å². The molecule has 26 heavy (non-hydrogen) atoms. The van der Waals surface area contributed by atoms with Crippen molar-refractivity contribution in [2.45, 2.75) is 0 Å². The summed E-state index contributed by atoms with van der Waals surface area (Å²) in [5.74, 6) is 0.803. The van der Waals surface area contributed by atoms with Gasteiger partial charge >= 0.3 is 0 Å². The van der Waals surface area contributed by atoms with Gasteiger partial charge < -0.3 is 14.5 Å². The molecule has 0 aliphatic heterocycles. The second kappa shape index (κ2) is 7.70. The van der Waals surface area contributed by atoms with Crippen LogP contribution >= 0.6 is 0 Å². The first-order valence-corrected chi connectivity index (χ1v) is 8.27. The molecule has 0 saturated heterocycles. The van der Waals surface area contributed by atoms with Crippen LogP contribution in [0.2, 0.25) is 0 Å². The second-order valence-electron chi connectivity index (χ2n) is 6.05. The number of rotatable bonds is 6. The molecule has 132 valence electrons. The maximum atomic E-state index is 10.7. The molecule has 0 aliphatic carbocycles. The molecule has 0 saturated carbocycles. The average Bonchev–Trinajstić information content (AvgIpc) is 2.69. The Bertz CT molecular complexity index is 857. The minimum atomic E-state index is 0.409. The van der Waals surface area contributed by atoms with Crippen molar-refractivity contribution < 1.29 is 4.74 Å². The van der Waals surface area contributed by atoms with E-state index in [1.165, 1.54) is 0 Å². The van der Waals surface area contributed by atoms with Crippen molar-refractivity contribution in [3.05, 3.63) is 77.7 Å². The topological polar surface area (TPSA) is 45.1 Å². The van der Waals surface area contributed by atoms with Crippen LogP contribution in [0.4, 0.5) is 28.4 Å². The molecule has 3 aromatic carbocycles. The van der Waals surface area contributed by atoms with Crippen molar-refractivity contribution in [1.29, 1.82) is 0 Å². The molecular formula is C21H21N3O2. The molecule has 0 aliphatic rings. The van der Waals surface area contributed by atoms with Gasteiger partial charge in [-0.3, -0.25) is 0 Å². The molecule has 0 heterocycles. The lowest BCUT2D eigenvalue weighted by Crippen LogP contribution is -2.11. The van der Waals surface area contributed by atoms with Gasteiger partial charge in [-0.25, -0.2) is 0 Å². The van der Waals surface area contributed by atoms with E-state index in [0.29, 0.717) is 5.69 Å². The molecule has 0 atom stereocenters. The van der Waals surface area contributed by atoms with Crippen molar-refractivity contribution in [1.82, 2.24) is 0 Å². The fourth-order valence-electron chi connectivity index (χ4n) is 2.74. The third kappa shape index (κ3) is 3.67. The van der Waals surface area contributed by atoms with E-state index >= 15 is 0 Å². The summed E-state index contributed by atoms with van der Waals surface area (Å²) in [4.78, 5) is 14.9. The zero-order valence-corrected chi connectivity index (χ0v) is 15.1. The zero-order chi connectivity index (χ0) is 18.5. The lowest BCUT2D eigenvalue weighted by Gasteiger charge is -2.26. The van der Waals surface area contributed by atoms with E-state index in [2.05, 4.69) is 39.2 Å². The summed E-state index contributed by atoms with van der Waals surface area (Å²) in [5, 5.41) is 2.98. The van der Waals surface area contributed by atoms with E-state index in [0.717, 1.165) is 28.5 Å². The molecule has 0 unspecified atom stereocenters. The Morgan fingerprint density at radius 3 is 1.54 bits per heavy atom. The van der Waals surface area contributed by atoms with Gasteiger partial charge in [-0.1, -0.05) is 0 Å². The number of nitrogens with zero attached hydrogens (tertiary/aromatic N) is 3. The molecule has 0 bridgehead atoms. The van der Waals surface area contributed by atoms with Gasteiger partial charge in [0.1, 0.15) is 11.4 Å². The highest BCUT2D eigenvalue weighted by Gasteiger charge is 2.13. The summed E-state index contributed by atoms with van der Waals surface area (Å²) in [6.45, 7) is 0. The Balaban J connectivity index is 2.06. The average molecular weight is 347 g/mol. The Labute approximate surface area is 153 Å². The zero-order valence-electron chi connectivity index (χ0n) is 15.1. The van der Waals surface area contributed by atoms with Crippen LogP contribution in [0.25, 0.3) is 0 Å². The molecule has 5 heteroatoms. The summed E-state index contributed by atoms with van der Waals surface area (Å²) in [6, 6.07) is 23.4. The predicted octanol–water partition coefficient (Wildman–Crippen LogP) is 5.63. The number of ether oxygens (including phenoxy) is 1. The van der Waals surface area contributed by atoms with Gasteiger partial charge in [-0.2, -0.15) is 0 Å². The van der Waals surface area contributed by atoms with E-state index in [9.17, 15) is 4.91 Å². The van der Waals surface area contributed by atoms with Gasteiger partial charge in [-0.15, -0.1) is 4.91 Å². The first-order chi connectivity index (χ1) is 12.6. The number of methoxy groups -OCH3 is 1. The van der Waals surface area contributed by atoms with Crippen molar-refractivity contribution in [3.8, 4) is 5.75 Å². The van der Waals surface area contributed by atoms with Gasteiger partial charge in [0.15, 0.2) is 0 Å². The monoisotopic (exact) mass is 347 g/mol. The van der Waals surface area contributed by atoms with Crippen LogP contribution in [0.15, 0.2) is 78.0 Å². The van der Waals surface area contributed by atoms with E-state index in [4.69, 9.17) is 4.74 Å². The summed E-state index contributed by atoms with van der Waals surface area (Å²) >= 11 is 0. The molecule has 5 nitrogen and oxygen atoms in total. The maximum absolute atomic E-state index is 10.7. The minimum absolute atomic E-state index is 0.409. The van der Waals surface area contributed by atoms with E-state index in [1.807, 2.05) is 50.5 Å². The van der Waals surface area contributed by atoms with Crippen LogP contribution < -0.4 is 14.5 Å². The van der Waals surface area contributed by atoms with E-state index in [-0.39, 0.29) is 0 Å². The lowest BCUT2D eigenvalue weighted by atomic mass is 10.1. The highest BCUT2D eigenvalue weighted by Crippen LogP contribution is 2.36. The largest absolute Gasteiger partial charge is 0.497 e. The summed E-state index contributed by atoms with van der Waals surface area (Å²) in [7, 11) is 5.68. The maximum Gasteiger partial charge on any atom is 0.119 e. The molecule has 0 fully saturated rings. The van der Waals surface area contributed by atoms with Crippen molar-refractivity contribution in [2.75, 3.05) is 31.0 Å². The lowest BCUT2D eigenvalue weighted by molar-refractivity contribution is 0.415. The van der Waals surface area contributed by atoms with Crippen LogP contribution in [-0.4, -0.2) is 21.2 Å². The smallest absolute Gasteiger partial charge is 0.119 e. The van der Waals surface area contributed by atoms with Crippen LogP contribution in [0.5, 0.6) is 5.75 Å². The SMILES string of the molecule is COc1ccc(N(c2ccc(N=O)cc2)c2ccc(N(C)C)cc2)cc1. The number of hydrogen-bond donors (Lipinski definition) is 0. The number of benzene rings is 3. The third-order valence-electron chi connectivity index (χ3n) is 4.17. The van der Waals surface area contributed by atoms with E-state index < -0.39 is 0 Å². The van der Waals surface area contributed by atoms with Crippen LogP contribution in [0, 0.1) is 4.91 Å². The Morgan fingerprint density at radius 2 is 1.12 bits per heavy atom. The van der Waals surface area contributed by atoms with Gasteiger partial charge in [0, 0.05) is 36.8 Å². The molecule has 0 N–H and O–H groups in total. The summed E-state index contributed by atoms with van der Waals surface area (Å²) in [5.41, 5.74) is 4.50. The molecule has 3 aromatic rings. The molecule has 0 radical (unpaired) electrons. The number of nitroso groups, excluding NO2 is 1. The van der Waals surface area contributed by atoms with Crippen LogP contribution in [-0.2, 0) is 0 Å². The normalized spacial score (nSPS) is 10.3.